The number of hydroxylamine groups is 2. The van der Waals surface area contributed by atoms with E-state index in [1.807, 2.05) is 17.6 Å². The molecule has 9 heteroatoms. The van der Waals surface area contributed by atoms with E-state index >= 15 is 0 Å². The number of pyridine rings is 2. The van der Waals surface area contributed by atoms with Crippen LogP contribution in [0.15, 0.2) is 35.4 Å². The first-order valence-corrected chi connectivity index (χ1v) is 10.9. The largest absolute Gasteiger partial charge is 0.627 e. The van der Waals surface area contributed by atoms with Gasteiger partial charge < -0.3 is 20.5 Å². The maximum absolute atomic E-state index is 12.9. The standard InChI is InChI=1S/C22H27N7O2/c1-15-12-20(30)28(16-4-2-3-5-16)21-18(15)14-25-22(27-21)26-19-7-6-17(13-24-19)29(31)10-8-23-9-11-29/h6-7,12-14,16,23H,2-5,8-11H2,1H3,(H,24,25,26,27). The van der Waals surface area contributed by atoms with Crippen LogP contribution in [-0.4, -0.2) is 45.7 Å². The minimum absolute atomic E-state index is 0.00971. The topological polar surface area (TPSA) is 108 Å². The molecule has 0 bridgehead atoms. The molecule has 0 atom stereocenters. The number of nitrogens with zero attached hydrogens (tertiary/aromatic N) is 5. The number of nitrogens with one attached hydrogen (secondary N) is 2. The second-order valence-corrected chi connectivity index (χ2v) is 8.52. The molecule has 31 heavy (non-hydrogen) atoms. The van der Waals surface area contributed by atoms with Gasteiger partial charge in [0.25, 0.3) is 5.56 Å². The molecule has 4 heterocycles. The van der Waals surface area contributed by atoms with Crippen LogP contribution in [0.1, 0.15) is 37.3 Å². The first-order chi connectivity index (χ1) is 15.0. The lowest BCUT2D eigenvalue weighted by molar-refractivity contribution is 0.320. The molecule has 0 radical (unpaired) electrons. The average Bonchev–Trinajstić information content (AvgIpc) is 3.29. The summed E-state index contributed by atoms with van der Waals surface area (Å²) in [5, 5.41) is 20.2. The maximum Gasteiger partial charge on any atom is 0.252 e. The smallest absolute Gasteiger partial charge is 0.252 e. The third-order valence-corrected chi connectivity index (χ3v) is 6.45. The Balaban J connectivity index is 1.45. The number of hydrogen-bond donors (Lipinski definition) is 2. The predicted molar refractivity (Wildman–Crippen MR) is 121 cm³/mol. The fourth-order valence-corrected chi connectivity index (χ4v) is 4.68. The van der Waals surface area contributed by atoms with Crippen LogP contribution < -0.4 is 20.8 Å². The molecule has 9 nitrogen and oxygen atoms in total. The zero-order chi connectivity index (χ0) is 21.4. The Morgan fingerprint density at radius 3 is 2.65 bits per heavy atom. The van der Waals surface area contributed by atoms with Crippen molar-refractivity contribution in [2.45, 2.75) is 38.6 Å². The normalized spacial score (nSPS) is 19.0. The molecule has 3 aromatic heterocycles. The van der Waals surface area contributed by atoms with Gasteiger partial charge >= 0.3 is 0 Å². The highest BCUT2D eigenvalue weighted by atomic mass is 16.5. The van der Waals surface area contributed by atoms with E-state index in [0.717, 1.165) is 36.6 Å². The van der Waals surface area contributed by atoms with Gasteiger partial charge in [-0.1, -0.05) is 12.8 Å². The van der Waals surface area contributed by atoms with Gasteiger partial charge in [-0.25, -0.2) is 9.97 Å². The van der Waals surface area contributed by atoms with Crippen molar-refractivity contribution in [2.75, 3.05) is 31.5 Å². The summed E-state index contributed by atoms with van der Waals surface area (Å²) in [5.74, 6) is 0.949. The van der Waals surface area contributed by atoms with Gasteiger partial charge in [0.05, 0.1) is 19.3 Å². The van der Waals surface area contributed by atoms with E-state index in [-0.39, 0.29) is 16.2 Å². The highest BCUT2D eigenvalue weighted by Crippen LogP contribution is 2.31. The summed E-state index contributed by atoms with van der Waals surface area (Å²) < 4.78 is 1.47. The number of rotatable bonds is 4. The lowest BCUT2D eigenvalue weighted by Gasteiger charge is -2.44. The summed E-state index contributed by atoms with van der Waals surface area (Å²) in [7, 11) is 0. The molecule has 2 fully saturated rings. The van der Waals surface area contributed by atoms with Crippen molar-refractivity contribution >= 4 is 28.5 Å². The molecule has 1 saturated carbocycles. The summed E-state index contributed by atoms with van der Waals surface area (Å²) in [4.78, 5) is 26.3. The van der Waals surface area contributed by atoms with Crippen LogP contribution in [0.2, 0.25) is 0 Å². The molecule has 2 N–H and O–H groups in total. The lowest BCUT2D eigenvalue weighted by Crippen LogP contribution is -2.55. The third-order valence-electron chi connectivity index (χ3n) is 6.45. The van der Waals surface area contributed by atoms with Crippen LogP contribution in [0, 0.1) is 12.1 Å². The monoisotopic (exact) mass is 421 g/mol. The van der Waals surface area contributed by atoms with Gasteiger partial charge in [-0.05, 0) is 31.4 Å². The summed E-state index contributed by atoms with van der Waals surface area (Å²) in [6.45, 7) is 4.32. The predicted octanol–water partition coefficient (Wildman–Crippen LogP) is 2.76. The Kier molecular flexibility index (Phi) is 5.17. The zero-order valence-corrected chi connectivity index (χ0v) is 17.7. The van der Waals surface area contributed by atoms with Crippen LogP contribution in [0.3, 0.4) is 0 Å². The molecule has 0 spiro atoms. The fourth-order valence-electron chi connectivity index (χ4n) is 4.68. The van der Waals surface area contributed by atoms with Crippen molar-refractivity contribution in [3.8, 4) is 0 Å². The maximum atomic E-state index is 12.9. The van der Waals surface area contributed by atoms with Crippen LogP contribution in [0.4, 0.5) is 17.5 Å². The molecule has 1 aliphatic carbocycles. The molecule has 5 rings (SSSR count). The van der Waals surface area contributed by atoms with E-state index in [1.54, 1.807) is 24.5 Å². The molecule has 162 valence electrons. The van der Waals surface area contributed by atoms with E-state index in [9.17, 15) is 10.0 Å². The van der Waals surface area contributed by atoms with Crippen molar-refractivity contribution in [2.24, 2.45) is 0 Å². The first kappa shape index (κ1) is 20.0. The third kappa shape index (κ3) is 3.80. The van der Waals surface area contributed by atoms with Gasteiger partial charge in [-0.2, -0.15) is 4.98 Å². The van der Waals surface area contributed by atoms with E-state index < -0.39 is 0 Å². The molecule has 3 aromatic rings. The van der Waals surface area contributed by atoms with Gasteiger partial charge in [-0.3, -0.25) is 9.36 Å². The second-order valence-electron chi connectivity index (χ2n) is 8.52. The van der Waals surface area contributed by atoms with Gasteiger partial charge in [0.2, 0.25) is 5.95 Å². The summed E-state index contributed by atoms with van der Waals surface area (Å²) in [6.07, 6.45) is 7.65. The highest BCUT2D eigenvalue weighted by molar-refractivity contribution is 5.79. The number of fused-ring (bicyclic) bond motifs is 1. The molecule has 0 aromatic carbocycles. The minimum Gasteiger partial charge on any atom is -0.627 e. The highest BCUT2D eigenvalue weighted by Gasteiger charge is 2.24. The van der Waals surface area contributed by atoms with Crippen LogP contribution in [0.25, 0.3) is 11.0 Å². The van der Waals surface area contributed by atoms with E-state index in [0.29, 0.717) is 49.3 Å². The Morgan fingerprint density at radius 1 is 1.16 bits per heavy atom. The van der Waals surface area contributed by atoms with E-state index in [1.165, 1.54) is 0 Å². The van der Waals surface area contributed by atoms with Crippen molar-refractivity contribution in [1.29, 1.82) is 0 Å². The molecule has 0 unspecified atom stereocenters. The number of piperazine rings is 1. The number of quaternary nitrogens is 1. The second kappa shape index (κ2) is 7.99. The molecule has 2 aliphatic rings. The Labute approximate surface area is 180 Å². The molecular formula is C22H27N7O2. The van der Waals surface area contributed by atoms with Gasteiger partial charge in [0, 0.05) is 42.8 Å². The van der Waals surface area contributed by atoms with Crippen molar-refractivity contribution < 1.29 is 0 Å². The zero-order valence-electron chi connectivity index (χ0n) is 17.7. The number of hydrogen-bond acceptors (Lipinski definition) is 7. The number of aryl methyl sites for hydroxylation is 1. The molecular weight excluding hydrogens is 394 g/mol. The average molecular weight is 422 g/mol. The van der Waals surface area contributed by atoms with Gasteiger partial charge in [0.1, 0.15) is 11.5 Å². The van der Waals surface area contributed by atoms with Crippen LogP contribution in [-0.2, 0) is 0 Å². The van der Waals surface area contributed by atoms with Crippen LogP contribution in [0.5, 0.6) is 0 Å². The summed E-state index contributed by atoms with van der Waals surface area (Å²) in [5.41, 5.74) is 2.18. The number of anilines is 2. The number of aromatic nitrogens is 4. The van der Waals surface area contributed by atoms with Crippen LogP contribution >= 0.6 is 0 Å². The summed E-state index contributed by atoms with van der Waals surface area (Å²) >= 11 is 0. The van der Waals surface area contributed by atoms with Gasteiger partial charge in [0.15, 0.2) is 5.69 Å². The van der Waals surface area contributed by atoms with Crippen molar-refractivity contribution in [1.82, 2.24) is 29.5 Å². The Morgan fingerprint density at radius 2 is 1.94 bits per heavy atom. The van der Waals surface area contributed by atoms with Crippen molar-refractivity contribution in [3.63, 3.8) is 0 Å². The molecule has 0 amide bonds. The first-order valence-electron chi connectivity index (χ1n) is 10.9. The van der Waals surface area contributed by atoms with E-state index in [4.69, 9.17) is 0 Å². The van der Waals surface area contributed by atoms with Gasteiger partial charge in [-0.15, -0.1) is 0 Å². The quantitative estimate of drug-likeness (QED) is 0.493. The summed E-state index contributed by atoms with van der Waals surface area (Å²) in [6, 6.07) is 5.46. The molecule has 1 aliphatic heterocycles. The Bertz CT molecular complexity index is 1150. The molecule has 1 saturated heterocycles. The minimum atomic E-state index is -0.361. The Hall–Kier alpha value is -2.88. The SMILES string of the molecule is Cc1cc(=O)n(C2CCCC2)c2nc(Nc3ccc([N+]4([O-])CCNCC4)cn3)ncc12. The van der Waals surface area contributed by atoms with E-state index in [2.05, 4.69) is 25.6 Å². The van der Waals surface area contributed by atoms with Crippen molar-refractivity contribution in [3.05, 3.63) is 51.7 Å². The lowest BCUT2D eigenvalue weighted by atomic mass is 10.1. The fraction of sp³-hybridized carbons (Fsp3) is 0.455.